The summed E-state index contributed by atoms with van der Waals surface area (Å²) in [5, 5.41) is 0. The van der Waals surface area contributed by atoms with Crippen LogP contribution in [0.2, 0.25) is 0 Å². The Kier molecular flexibility index (Phi) is 5.61. The van der Waals surface area contributed by atoms with E-state index in [0.717, 1.165) is 16.7 Å². The summed E-state index contributed by atoms with van der Waals surface area (Å²) in [5.41, 5.74) is 2.71. The van der Waals surface area contributed by atoms with Crippen molar-refractivity contribution in [3.8, 4) is 0 Å². The van der Waals surface area contributed by atoms with Gasteiger partial charge in [-0.3, -0.25) is 0 Å². The Labute approximate surface area is 171 Å². The molecule has 0 heterocycles. The van der Waals surface area contributed by atoms with Gasteiger partial charge in [-0.15, -0.1) is 0 Å². The number of hydrogen-bond donors (Lipinski definition) is 0. The average Bonchev–Trinajstić information content (AvgIpc) is 2.78. The Balaban J connectivity index is 1.77. The first-order valence-electron chi connectivity index (χ1n) is 9.32. The quantitative estimate of drug-likeness (QED) is 0.340. The van der Waals surface area contributed by atoms with Gasteiger partial charge in [-0.05, 0) is 41.0 Å². The zero-order chi connectivity index (χ0) is 19.2. The maximum atomic E-state index is 6.25. The van der Waals surface area contributed by atoms with Crippen LogP contribution in [0.25, 0.3) is 0 Å². The monoisotopic (exact) mass is 382 g/mol. The van der Waals surface area contributed by atoms with Crippen molar-refractivity contribution >= 4 is 11.8 Å². The van der Waals surface area contributed by atoms with Crippen LogP contribution >= 0.6 is 11.8 Å². The molecule has 0 aliphatic heterocycles. The molecule has 0 saturated carbocycles. The van der Waals surface area contributed by atoms with E-state index in [4.69, 9.17) is 4.74 Å². The summed E-state index contributed by atoms with van der Waals surface area (Å²) in [6.07, 6.45) is 0. The summed E-state index contributed by atoms with van der Waals surface area (Å²) in [6.45, 7) is 0. The predicted octanol–water partition coefficient (Wildman–Crippen LogP) is 6.78. The van der Waals surface area contributed by atoms with Gasteiger partial charge in [0.2, 0.25) is 0 Å². The fourth-order valence-electron chi connectivity index (χ4n) is 3.58. The fraction of sp³-hybridized carbons (Fsp3) is 0.0769. The van der Waals surface area contributed by atoms with Gasteiger partial charge in [0, 0.05) is 16.9 Å². The van der Waals surface area contributed by atoms with Crippen molar-refractivity contribution in [3.05, 3.63) is 132 Å². The first kappa shape index (κ1) is 18.5. The summed E-state index contributed by atoms with van der Waals surface area (Å²) in [6, 6.07) is 40.0. The van der Waals surface area contributed by atoms with E-state index in [9.17, 15) is 0 Å². The first-order chi connectivity index (χ1) is 13.8. The number of methoxy groups -OCH3 is 1. The molecule has 0 amide bonds. The standard InChI is InChI=1S/C26H22OS/c1-27-26(21-11-5-2-6-12-21,22-13-7-3-8-14-22)23-17-19-25(20-18-23)28-24-15-9-4-10-16-24/h2-20H,1H3. The van der Waals surface area contributed by atoms with Crippen LogP contribution in [0, 0.1) is 0 Å². The molecule has 0 radical (unpaired) electrons. The van der Waals surface area contributed by atoms with E-state index in [0.29, 0.717) is 0 Å². The van der Waals surface area contributed by atoms with E-state index in [1.807, 2.05) is 18.2 Å². The molecule has 4 aromatic carbocycles. The SMILES string of the molecule is COC(c1ccccc1)(c1ccccc1)c1ccc(Sc2ccccc2)cc1. The minimum atomic E-state index is -0.640. The second-order valence-electron chi connectivity index (χ2n) is 6.56. The Morgan fingerprint density at radius 1 is 0.500 bits per heavy atom. The van der Waals surface area contributed by atoms with E-state index in [2.05, 4.69) is 97.1 Å². The Bertz CT molecular complexity index is 957. The van der Waals surface area contributed by atoms with Crippen molar-refractivity contribution in [2.24, 2.45) is 0 Å². The Hall–Kier alpha value is -2.81. The van der Waals surface area contributed by atoms with Crippen LogP contribution in [-0.2, 0) is 10.3 Å². The summed E-state index contributed by atoms with van der Waals surface area (Å²) >= 11 is 1.77. The molecule has 0 atom stereocenters. The van der Waals surface area contributed by atoms with E-state index < -0.39 is 5.60 Å². The molecule has 28 heavy (non-hydrogen) atoms. The molecule has 0 bridgehead atoms. The van der Waals surface area contributed by atoms with Gasteiger partial charge in [-0.25, -0.2) is 0 Å². The minimum absolute atomic E-state index is 0.640. The van der Waals surface area contributed by atoms with Crippen LogP contribution in [0.1, 0.15) is 16.7 Å². The van der Waals surface area contributed by atoms with Gasteiger partial charge in [0.05, 0.1) is 0 Å². The van der Waals surface area contributed by atoms with E-state index >= 15 is 0 Å². The normalized spacial score (nSPS) is 11.3. The van der Waals surface area contributed by atoms with E-state index in [1.165, 1.54) is 9.79 Å². The molecule has 4 rings (SSSR count). The second kappa shape index (κ2) is 8.47. The number of rotatable bonds is 6. The van der Waals surface area contributed by atoms with Crippen molar-refractivity contribution in [1.29, 1.82) is 0 Å². The third-order valence-corrected chi connectivity index (χ3v) is 5.92. The molecule has 2 heteroatoms. The molecule has 138 valence electrons. The number of ether oxygens (including phenoxy) is 1. The largest absolute Gasteiger partial charge is 0.364 e. The Morgan fingerprint density at radius 3 is 1.36 bits per heavy atom. The second-order valence-corrected chi connectivity index (χ2v) is 7.70. The summed E-state index contributed by atoms with van der Waals surface area (Å²) in [7, 11) is 1.78. The van der Waals surface area contributed by atoms with Gasteiger partial charge in [0.1, 0.15) is 5.60 Å². The molecule has 0 aliphatic carbocycles. The Morgan fingerprint density at radius 2 is 0.893 bits per heavy atom. The zero-order valence-corrected chi connectivity index (χ0v) is 16.6. The molecule has 4 aromatic rings. The van der Waals surface area contributed by atoms with Crippen molar-refractivity contribution in [3.63, 3.8) is 0 Å². The molecule has 0 saturated heterocycles. The highest BCUT2D eigenvalue weighted by molar-refractivity contribution is 7.99. The molecule has 0 N–H and O–H groups in total. The minimum Gasteiger partial charge on any atom is -0.364 e. The zero-order valence-electron chi connectivity index (χ0n) is 15.8. The fourth-order valence-corrected chi connectivity index (χ4v) is 4.42. The molecule has 1 nitrogen and oxygen atoms in total. The lowest BCUT2D eigenvalue weighted by Gasteiger charge is -2.34. The number of benzene rings is 4. The highest BCUT2D eigenvalue weighted by atomic mass is 32.2. The smallest absolute Gasteiger partial charge is 0.143 e. The van der Waals surface area contributed by atoms with Crippen LogP contribution in [0.4, 0.5) is 0 Å². The lowest BCUT2D eigenvalue weighted by molar-refractivity contribution is 0.0585. The summed E-state index contributed by atoms with van der Waals surface area (Å²) in [4.78, 5) is 2.44. The molecular formula is C26H22OS. The van der Waals surface area contributed by atoms with Crippen LogP contribution in [0.3, 0.4) is 0 Å². The molecule has 0 fully saturated rings. The topological polar surface area (TPSA) is 9.23 Å². The first-order valence-corrected chi connectivity index (χ1v) is 10.1. The highest BCUT2D eigenvalue weighted by Gasteiger charge is 2.36. The van der Waals surface area contributed by atoms with Crippen molar-refractivity contribution < 1.29 is 4.74 Å². The van der Waals surface area contributed by atoms with Crippen LogP contribution in [-0.4, -0.2) is 7.11 Å². The van der Waals surface area contributed by atoms with Gasteiger partial charge in [-0.2, -0.15) is 0 Å². The maximum Gasteiger partial charge on any atom is 0.143 e. The average molecular weight is 383 g/mol. The molecule has 0 spiro atoms. The summed E-state index contributed by atoms with van der Waals surface area (Å²) < 4.78 is 6.25. The molecule has 0 aromatic heterocycles. The van der Waals surface area contributed by atoms with Crippen molar-refractivity contribution in [2.75, 3.05) is 7.11 Å². The van der Waals surface area contributed by atoms with Crippen LogP contribution in [0.5, 0.6) is 0 Å². The van der Waals surface area contributed by atoms with Gasteiger partial charge in [0.15, 0.2) is 0 Å². The lowest BCUT2D eigenvalue weighted by Crippen LogP contribution is -2.31. The molecular weight excluding hydrogens is 360 g/mol. The third-order valence-electron chi connectivity index (χ3n) is 4.91. The van der Waals surface area contributed by atoms with Gasteiger partial charge in [-0.1, -0.05) is 103 Å². The maximum absolute atomic E-state index is 6.25. The van der Waals surface area contributed by atoms with Gasteiger partial charge < -0.3 is 4.74 Å². The number of hydrogen-bond acceptors (Lipinski definition) is 2. The van der Waals surface area contributed by atoms with Crippen LogP contribution in [0.15, 0.2) is 125 Å². The van der Waals surface area contributed by atoms with E-state index in [-0.39, 0.29) is 0 Å². The lowest BCUT2D eigenvalue weighted by atomic mass is 9.80. The van der Waals surface area contributed by atoms with Gasteiger partial charge in [0.25, 0.3) is 0 Å². The molecule has 0 aliphatic rings. The molecule has 0 unspecified atom stereocenters. The van der Waals surface area contributed by atoms with Crippen LogP contribution < -0.4 is 0 Å². The third kappa shape index (κ3) is 3.62. The van der Waals surface area contributed by atoms with E-state index in [1.54, 1.807) is 18.9 Å². The van der Waals surface area contributed by atoms with Crippen molar-refractivity contribution in [1.82, 2.24) is 0 Å². The summed E-state index contributed by atoms with van der Waals surface area (Å²) in [5.74, 6) is 0. The van der Waals surface area contributed by atoms with Crippen molar-refractivity contribution in [2.45, 2.75) is 15.4 Å². The highest BCUT2D eigenvalue weighted by Crippen LogP contribution is 2.40. The predicted molar refractivity (Wildman–Crippen MR) is 117 cm³/mol. The van der Waals surface area contributed by atoms with Gasteiger partial charge >= 0.3 is 0 Å².